The Morgan fingerprint density at radius 2 is 2.09 bits per heavy atom. The van der Waals surface area contributed by atoms with Crippen LogP contribution in [-0.4, -0.2) is 61.0 Å². The Kier molecular flexibility index (Phi) is 4.46. The second-order valence-corrected chi connectivity index (χ2v) is 5.35. The van der Waals surface area contributed by atoms with Crippen molar-refractivity contribution < 1.29 is 24.2 Å². The van der Waals surface area contributed by atoms with Crippen molar-refractivity contribution in [3.63, 3.8) is 0 Å². The molecule has 1 heterocycles. The highest BCUT2D eigenvalue weighted by atomic mass is 16.5. The summed E-state index contributed by atoms with van der Waals surface area (Å²) in [5, 5.41) is 8.94. The molecule has 0 saturated heterocycles. The number of anilines is 1. The SMILES string of the molecule is CC(C(=O)c1ccc2c(c1)N(CC(=O)O)C(=O)CO2)N(C)C. The summed E-state index contributed by atoms with van der Waals surface area (Å²) in [5.41, 5.74) is 0.726. The molecule has 0 spiro atoms. The van der Waals surface area contributed by atoms with Gasteiger partial charge in [0.2, 0.25) is 0 Å². The van der Waals surface area contributed by atoms with Gasteiger partial charge in [0, 0.05) is 5.56 Å². The van der Waals surface area contributed by atoms with Crippen molar-refractivity contribution in [2.75, 3.05) is 32.1 Å². The molecule has 1 atom stereocenters. The van der Waals surface area contributed by atoms with Crippen molar-refractivity contribution in [2.24, 2.45) is 0 Å². The Hall–Kier alpha value is -2.41. The molecule has 1 aliphatic heterocycles. The summed E-state index contributed by atoms with van der Waals surface area (Å²) in [6.45, 7) is 1.11. The van der Waals surface area contributed by atoms with E-state index in [-0.39, 0.29) is 18.4 Å². The minimum atomic E-state index is -1.13. The van der Waals surface area contributed by atoms with Crippen LogP contribution in [0.25, 0.3) is 0 Å². The first kappa shape index (κ1) is 16.0. The number of carbonyl (C=O) groups excluding carboxylic acids is 2. The fourth-order valence-electron chi connectivity index (χ4n) is 2.14. The van der Waals surface area contributed by atoms with Gasteiger partial charge in [-0.2, -0.15) is 0 Å². The zero-order valence-electron chi connectivity index (χ0n) is 12.7. The Labute approximate surface area is 128 Å². The lowest BCUT2D eigenvalue weighted by Crippen LogP contribution is -2.42. The number of fused-ring (bicyclic) bond motifs is 1. The number of carbonyl (C=O) groups is 3. The van der Waals surface area contributed by atoms with E-state index >= 15 is 0 Å². The van der Waals surface area contributed by atoms with Gasteiger partial charge in [-0.3, -0.25) is 24.2 Å². The molecule has 0 bridgehead atoms. The van der Waals surface area contributed by atoms with Gasteiger partial charge in [-0.25, -0.2) is 0 Å². The average Bonchev–Trinajstić information content (AvgIpc) is 2.47. The Morgan fingerprint density at radius 1 is 1.41 bits per heavy atom. The highest BCUT2D eigenvalue weighted by molar-refractivity contribution is 6.05. The van der Waals surface area contributed by atoms with Crippen molar-refractivity contribution in [3.05, 3.63) is 23.8 Å². The lowest BCUT2D eigenvalue weighted by molar-refractivity contribution is -0.137. The molecule has 22 heavy (non-hydrogen) atoms. The van der Waals surface area contributed by atoms with Crippen LogP contribution in [0.1, 0.15) is 17.3 Å². The maximum Gasteiger partial charge on any atom is 0.323 e. The molecule has 0 radical (unpaired) electrons. The zero-order valence-corrected chi connectivity index (χ0v) is 12.7. The van der Waals surface area contributed by atoms with Crippen molar-refractivity contribution in [2.45, 2.75) is 13.0 Å². The van der Waals surface area contributed by atoms with E-state index in [1.165, 1.54) is 6.07 Å². The van der Waals surface area contributed by atoms with Crippen LogP contribution in [0.2, 0.25) is 0 Å². The third-order valence-corrected chi connectivity index (χ3v) is 3.63. The van der Waals surface area contributed by atoms with E-state index in [1.807, 2.05) is 0 Å². The number of Topliss-reactive ketones (excluding diaryl/α,β-unsaturated/α-hetero) is 1. The van der Waals surface area contributed by atoms with E-state index < -0.39 is 18.4 Å². The van der Waals surface area contributed by atoms with Crippen molar-refractivity contribution in [1.82, 2.24) is 4.90 Å². The first-order valence-electron chi connectivity index (χ1n) is 6.81. The van der Waals surface area contributed by atoms with Crippen LogP contribution in [0.3, 0.4) is 0 Å². The van der Waals surface area contributed by atoms with Gasteiger partial charge >= 0.3 is 5.97 Å². The molecular formula is C15H18N2O5. The van der Waals surface area contributed by atoms with Gasteiger partial charge in [0.05, 0.1) is 11.7 Å². The molecule has 118 valence electrons. The molecular weight excluding hydrogens is 288 g/mol. The second kappa shape index (κ2) is 6.15. The van der Waals surface area contributed by atoms with E-state index in [9.17, 15) is 14.4 Å². The Bertz CT molecular complexity index is 626. The predicted molar refractivity (Wildman–Crippen MR) is 79.4 cm³/mol. The van der Waals surface area contributed by atoms with Crippen molar-refractivity contribution >= 4 is 23.3 Å². The van der Waals surface area contributed by atoms with Gasteiger partial charge in [0.15, 0.2) is 12.4 Å². The Balaban J connectivity index is 2.39. The minimum absolute atomic E-state index is 0.110. The van der Waals surface area contributed by atoms with Crippen molar-refractivity contribution in [1.29, 1.82) is 0 Å². The van der Waals surface area contributed by atoms with Crippen LogP contribution in [-0.2, 0) is 9.59 Å². The molecule has 1 N–H and O–H groups in total. The third-order valence-electron chi connectivity index (χ3n) is 3.63. The second-order valence-electron chi connectivity index (χ2n) is 5.35. The molecule has 2 rings (SSSR count). The van der Waals surface area contributed by atoms with E-state index in [0.29, 0.717) is 17.0 Å². The number of ether oxygens (including phenoxy) is 1. The standard InChI is InChI=1S/C15H18N2O5/c1-9(16(2)3)15(21)10-4-5-12-11(6-10)17(7-14(19)20)13(18)8-22-12/h4-6,9H,7-8H2,1-3H3,(H,19,20). The summed E-state index contributed by atoms with van der Waals surface area (Å²) in [6, 6.07) is 4.39. The van der Waals surface area contributed by atoms with Crippen LogP contribution in [0, 0.1) is 0 Å². The number of benzene rings is 1. The molecule has 0 fully saturated rings. The van der Waals surface area contributed by atoms with Crippen LogP contribution >= 0.6 is 0 Å². The highest BCUT2D eigenvalue weighted by Crippen LogP contribution is 2.33. The van der Waals surface area contributed by atoms with Crippen LogP contribution in [0.15, 0.2) is 18.2 Å². The minimum Gasteiger partial charge on any atom is -0.482 e. The van der Waals surface area contributed by atoms with E-state index in [2.05, 4.69) is 0 Å². The number of nitrogens with zero attached hydrogens (tertiary/aromatic N) is 2. The number of hydrogen-bond acceptors (Lipinski definition) is 5. The molecule has 7 nitrogen and oxygen atoms in total. The summed E-state index contributed by atoms with van der Waals surface area (Å²) in [6.07, 6.45) is 0. The van der Waals surface area contributed by atoms with E-state index in [0.717, 1.165) is 4.90 Å². The number of carboxylic acids is 1. The quantitative estimate of drug-likeness (QED) is 0.803. The fourth-order valence-corrected chi connectivity index (χ4v) is 2.14. The Morgan fingerprint density at radius 3 is 2.68 bits per heavy atom. The molecule has 1 amide bonds. The predicted octanol–water partition coefficient (Wildman–Crippen LogP) is 0.629. The number of amides is 1. The fraction of sp³-hybridized carbons (Fsp3) is 0.400. The first-order valence-corrected chi connectivity index (χ1v) is 6.81. The smallest absolute Gasteiger partial charge is 0.323 e. The van der Waals surface area contributed by atoms with Gasteiger partial charge in [-0.15, -0.1) is 0 Å². The van der Waals surface area contributed by atoms with Crippen LogP contribution in [0.4, 0.5) is 5.69 Å². The lowest BCUT2D eigenvalue weighted by Gasteiger charge is -2.28. The van der Waals surface area contributed by atoms with Gasteiger partial charge in [0.25, 0.3) is 5.91 Å². The normalized spacial score (nSPS) is 15.3. The van der Waals surface area contributed by atoms with Crippen LogP contribution in [0.5, 0.6) is 5.75 Å². The molecule has 1 aromatic carbocycles. The topological polar surface area (TPSA) is 87.2 Å². The molecule has 0 saturated carbocycles. The van der Waals surface area contributed by atoms with Gasteiger partial charge in [0.1, 0.15) is 12.3 Å². The van der Waals surface area contributed by atoms with Crippen LogP contribution < -0.4 is 9.64 Å². The van der Waals surface area contributed by atoms with Gasteiger partial charge < -0.3 is 9.84 Å². The molecule has 7 heteroatoms. The van der Waals surface area contributed by atoms with Crippen molar-refractivity contribution in [3.8, 4) is 5.75 Å². The largest absolute Gasteiger partial charge is 0.482 e. The number of carboxylic acid groups (broad SMARTS) is 1. The third kappa shape index (κ3) is 3.09. The maximum absolute atomic E-state index is 12.4. The maximum atomic E-state index is 12.4. The molecule has 0 aliphatic carbocycles. The highest BCUT2D eigenvalue weighted by Gasteiger charge is 2.29. The monoisotopic (exact) mass is 306 g/mol. The summed E-state index contributed by atoms with van der Waals surface area (Å²) < 4.78 is 5.28. The summed E-state index contributed by atoms with van der Waals surface area (Å²) in [4.78, 5) is 38.1. The molecule has 0 aromatic heterocycles. The summed E-state index contributed by atoms with van der Waals surface area (Å²) >= 11 is 0. The van der Waals surface area contributed by atoms with Gasteiger partial charge in [-0.1, -0.05) is 0 Å². The number of hydrogen-bond donors (Lipinski definition) is 1. The number of likely N-dealkylation sites (N-methyl/N-ethyl adjacent to an activating group) is 1. The summed E-state index contributed by atoms with van der Waals surface area (Å²) in [7, 11) is 3.59. The molecule has 1 aromatic rings. The first-order chi connectivity index (χ1) is 10.3. The average molecular weight is 306 g/mol. The molecule has 1 aliphatic rings. The zero-order chi connectivity index (χ0) is 16.4. The van der Waals surface area contributed by atoms with E-state index in [1.54, 1.807) is 38.1 Å². The molecule has 1 unspecified atom stereocenters. The number of rotatable bonds is 5. The lowest BCUT2D eigenvalue weighted by atomic mass is 10.0. The van der Waals surface area contributed by atoms with E-state index in [4.69, 9.17) is 9.84 Å². The van der Waals surface area contributed by atoms with Gasteiger partial charge in [-0.05, 0) is 39.2 Å². The number of ketones is 1. The number of aliphatic carboxylic acids is 1. The summed E-state index contributed by atoms with van der Waals surface area (Å²) in [5.74, 6) is -1.28.